The van der Waals surface area contributed by atoms with E-state index in [2.05, 4.69) is 10.6 Å². The molecule has 0 aromatic heterocycles. The summed E-state index contributed by atoms with van der Waals surface area (Å²) in [5.41, 5.74) is 0.546. The minimum absolute atomic E-state index is 0. The molecule has 0 bridgehead atoms. The molecule has 1 amide bonds. The summed E-state index contributed by atoms with van der Waals surface area (Å²) in [4.78, 5) is 12.1. The molecule has 0 aliphatic heterocycles. The maximum atomic E-state index is 12.1. The average molecular weight is 347 g/mol. The summed E-state index contributed by atoms with van der Waals surface area (Å²) in [6.45, 7) is 6.55. The third kappa shape index (κ3) is 8.06. The number of methoxy groups -OCH3 is 2. The summed E-state index contributed by atoms with van der Waals surface area (Å²) in [5, 5.41) is 6.01. The highest BCUT2D eigenvalue weighted by Crippen LogP contribution is 2.28. The fourth-order valence-electron chi connectivity index (χ4n) is 1.83. The number of nitrogens with one attached hydrogen (secondary N) is 2. The van der Waals surface area contributed by atoms with Gasteiger partial charge in [0, 0.05) is 32.3 Å². The molecule has 0 saturated carbocycles. The van der Waals surface area contributed by atoms with Crippen LogP contribution in [0.4, 0.5) is 0 Å². The fraction of sp³-hybridized carbons (Fsp3) is 0.562. The van der Waals surface area contributed by atoms with Crippen molar-refractivity contribution in [2.75, 3.05) is 40.5 Å². The van der Waals surface area contributed by atoms with Gasteiger partial charge in [0.25, 0.3) is 5.91 Å². The van der Waals surface area contributed by atoms with E-state index < -0.39 is 0 Å². The Morgan fingerprint density at radius 2 is 1.87 bits per heavy atom. The van der Waals surface area contributed by atoms with Crippen LogP contribution < -0.4 is 20.1 Å². The first-order valence-electron chi connectivity index (χ1n) is 7.41. The van der Waals surface area contributed by atoms with Gasteiger partial charge in [0.05, 0.1) is 19.8 Å². The Balaban J connectivity index is 0.00000484. The van der Waals surface area contributed by atoms with E-state index in [1.807, 2.05) is 13.8 Å². The third-order valence-corrected chi connectivity index (χ3v) is 2.86. The van der Waals surface area contributed by atoms with Gasteiger partial charge in [-0.3, -0.25) is 4.79 Å². The highest BCUT2D eigenvalue weighted by Gasteiger charge is 2.11. The van der Waals surface area contributed by atoms with Gasteiger partial charge in [0.1, 0.15) is 0 Å². The van der Waals surface area contributed by atoms with Crippen LogP contribution in [-0.4, -0.2) is 52.5 Å². The molecular weight excluding hydrogens is 320 g/mol. The van der Waals surface area contributed by atoms with Crippen LogP contribution in [0.1, 0.15) is 24.2 Å². The van der Waals surface area contributed by atoms with Crippen LogP contribution in [0.5, 0.6) is 11.5 Å². The molecule has 6 nitrogen and oxygen atoms in total. The molecule has 0 radical (unpaired) electrons. The molecule has 1 rings (SSSR count). The van der Waals surface area contributed by atoms with Crippen molar-refractivity contribution in [2.24, 2.45) is 0 Å². The van der Waals surface area contributed by atoms with Gasteiger partial charge in [-0.1, -0.05) is 0 Å². The van der Waals surface area contributed by atoms with E-state index in [0.29, 0.717) is 36.8 Å². The Bertz CT molecular complexity index is 469. The van der Waals surface area contributed by atoms with Crippen molar-refractivity contribution >= 4 is 18.3 Å². The molecule has 0 spiro atoms. The number of benzene rings is 1. The molecule has 0 atom stereocenters. The maximum Gasteiger partial charge on any atom is 0.251 e. The normalized spacial score (nSPS) is 10.1. The lowest BCUT2D eigenvalue weighted by Gasteiger charge is -2.14. The second kappa shape index (κ2) is 12.0. The van der Waals surface area contributed by atoms with Crippen molar-refractivity contribution < 1.29 is 19.0 Å². The number of carbonyl (C=O) groups is 1. The standard InChI is InChI=1S/C16H26N2O4.ClH/c1-12(2)22-14-6-5-13(11-15(14)21-4)16(19)18-8-7-17-9-10-20-3;/h5-6,11-12,17H,7-10H2,1-4H3,(H,18,19);1H. The van der Waals surface area contributed by atoms with Crippen LogP contribution in [0.3, 0.4) is 0 Å². The molecule has 0 saturated heterocycles. The molecule has 7 heteroatoms. The first-order chi connectivity index (χ1) is 10.6. The number of hydrogen-bond donors (Lipinski definition) is 2. The largest absolute Gasteiger partial charge is 0.493 e. The summed E-state index contributed by atoms with van der Waals surface area (Å²) in [7, 11) is 3.22. The summed E-state index contributed by atoms with van der Waals surface area (Å²) in [5.74, 6) is 1.05. The Morgan fingerprint density at radius 1 is 1.13 bits per heavy atom. The monoisotopic (exact) mass is 346 g/mol. The summed E-state index contributed by atoms with van der Waals surface area (Å²) in [6, 6.07) is 5.17. The van der Waals surface area contributed by atoms with Crippen LogP contribution in [0.15, 0.2) is 18.2 Å². The zero-order chi connectivity index (χ0) is 16.4. The number of hydrogen-bond acceptors (Lipinski definition) is 5. The number of carbonyl (C=O) groups excluding carboxylic acids is 1. The highest BCUT2D eigenvalue weighted by atomic mass is 35.5. The quantitative estimate of drug-likeness (QED) is 0.633. The second-order valence-electron chi connectivity index (χ2n) is 5.03. The van der Waals surface area contributed by atoms with E-state index in [4.69, 9.17) is 14.2 Å². The first-order valence-corrected chi connectivity index (χ1v) is 7.41. The first kappa shape index (κ1) is 21.5. The van der Waals surface area contributed by atoms with Crippen molar-refractivity contribution in [3.05, 3.63) is 23.8 Å². The average Bonchev–Trinajstić information content (AvgIpc) is 2.50. The highest BCUT2D eigenvalue weighted by molar-refractivity contribution is 5.94. The predicted octanol–water partition coefficient (Wildman–Crippen LogP) is 1.87. The van der Waals surface area contributed by atoms with Gasteiger partial charge in [0.2, 0.25) is 0 Å². The molecule has 0 fully saturated rings. The SMILES string of the molecule is COCCNCCNC(=O)c1ccc(OC(C)C)c(OC)c1.Cl. The van der Waals surface area contributed by atoms with Gasteiger partial charge in [-0.2, -0.15) is 0 Å². The molecule has 0 heterocycles. The lowest BCUT2D eigenvalue weighted by atomic mass is 10.2. The zero-order valence-corrected chi connectivity index (χ0v) is 15.0. The smallest absolute Gasteiger partial charge is 0.251 e. The van der Waals surface area contributed by atoms with Gasteiger partial charge in [0.15, 0.2) is 11.5 Å². The van der Waals surface area contributed by atoms with E-state index in [9.17, 15) is 4.79 Å². The number of halogens is 1. The van der Waals surface area contributed by atoms with Gasteiger partial charge in [-0.05, 0) is 32.0 Å². The van der Waals surface area contributed by atoms with Crippen molar-refractivity contribution in [3.63, 3.8) is 0 Å². The molecule has 132 valence electrons. The molecule has 1 aromatic carbocycles. The Hall–Kier alpha value is -1.50. The maximum absolute atomic E-state index is 12.1. The van der Waals surface area contributed by atoms with Crippen molar-refractivity contribution in [3.8, 4) is 11.5 Å². The Labute approximate surface area is 144 Å². The van der Waals surface area contributed by atoms with Gasteiger partial charge in [-0.25, -0.2) is 0 Å². The number of amides is 1. The second-order valence-corrected chi connectivity index (χ2v) is 5.03. The van der Waals surface area contributed by atoms with Crippen LogP contribution in [-0.2, 0) is 4.74 Å². The molecule has 0 aliphatic carbocycles. The van der Waals surface area contributed by atoms with Crippen molar-refractivity contribution in [1.29, 1.82) is 0 Å². The lowest BCUT2D eigenvalue weighted by molar-refractivity contribution is 0.0953. The molecule has 1 aromatic rings. The molecule has 23 heavy (non-hydrogen) atoms. The molecule has 0 aliphatic rings. The van der Waals surface area contributed by atoms with Crippen LogP contribution >= 0.6 is 12.4 Å². The van der Waals surface area contributed by atoms with E-state index in [-0.39, 0.29) is 24.4 Å². The van der Waals surface area contributed by atoms with E-state index >= 15 is 0 Å². The number of rotatable bonds is 10. The molecule has 2 N–H and O–H groups in total. The zero-order valence-electron chi connectivity index (χ0n) is 14.2. The van der Waals surface area contributed by atoms with Crippen LogP contribution in [0.2, 0.25) is 0 Å². The van der Waals surface area contributed by atoms with Crippen molar-refractivity contribution in [2.45, 2.75) is 20.0 Å². The lowest BCUT2D eigenvalue weighted by Crippen LogP contribution is -2.33. The van der Waals surface area contributed by atoms with Crippen LogP contribution in [0, 0.1) is 0 Å². The third-order valence-electron chi connectivity index (χ3n) is 2.86. The minimum Gasteiger partial charge on any atom is -0.493 e. The Morgan fingerprint density at radius 3 is 2.48 bits per heavy atom. The summed E-state index contributed by atoms with van der Waals surface area (Å²) >= 11 is 0. The fourth-order valence-corrected chi connectivity index (χ4v) is 1.83. The van der Waals surface area contributed by atoms with E-state index in [1.54, 1.807) is 32.4 Å². The minimum atomic E-state index is -0.136. The van der Waals surface area contributed by atoms with Gasteiger partial charge < -0.3 is 24.8 Å². The molecule has 0 unspecified atom stereocenters. The van der Waals surface area contributed by atoms with E-state index in [1.165, 1.54) is 0 Å². The molecular formula is C16H27ClN2O4. The van der Waals surface area contributed by atoms with Gasteiger partial charge in [-0.15, -0.1) is 12.4 Å². The summed E-state index contributed by atoms with van der Waals surface area (Å²) in [6.07, 6.45) is 0.0479. The van der Waals surface area contributed by atoms with Crippen LogP contribution in [0.25, 0.3) is 0 Å². The number of ether oxygens (including phenoxy) is 3. The predicted molar refractivity (Wildman–Crippen MR) is 93.1 cm³/mol. The van der Waals surface area contributed by atoms with Gasteiger partial charge >= 0.3 is 0 Å². The van der Waals surface area contributed by atoms with Crippen molar-refractivity contribution in [1.82, 2.24) is 10.6 Å². The Kier molecular flexibility index (Phi) is 11.2. The summed E-state index contributed by atoms with van der Waals surface area (Å²) < 4.78 is 15.8. The van der Waals surface area contributed by atoms with E-state index in [0.717, 1.165) is 6.54 Å². The topological polar surface area (TPSA) is 68.8 Å².